The molecule has 3 rings (SSSR count). The van der Waals surface area contributed by atoms with Gasteiger partial charge in [-0.3, -0.25) is 9.79 Å². The fraction of sp³-hybridized carbons (Fsp3) is 0.316. The number of rotatable bonds is 4. The van der Waals surface area contributed by atoms with Crippen LogP contribution < -0.4 is 15.5 Å². The molecule has 27 heavy (non-hydrogen) atoms. The summed E-state index contributed by atoms with van der Waals surface area (Å²) in [6.07, 6.45) is 1.79. The van der Waals surface area contributed by atoms with Gasteiger partial charge < -0.3 is 20.4 Å². The SMILES string of the molecule is CN=C(NCC(=O)Nc1cccc(F)c1)N1CCN(c2ccccn2)CC1. The van der Waals surface area contributed by atoms with Crippen molar-refractivity contribution in [3.05, 3.63) is 54.5 Å². The van der Waals surface area contributed by atoms with E-state index in [4.69, 9.17) is 0 Å². The zero-order valence-electron chi connectivity index (χ0n) is 15.2. The molecular formula is C19H23FN6O. The lowest BCUT2D eigenvalue weighted by Gasteiger charge is -2.37. The molecule has 1 aromatic heterocycles. The largest absolute Gasteiger partial charge is 0.353 e. The van der Waals surface area contributed by atoms with Gasteiger partial charge in [-0.1, -0.05) is 12.1 Å². The summed E-state index contributed by atoms with van der Waals surface area (Å²) in [4.78, 5) is 25.0. The smallest absolute Gasteiger partial charge is 0.243 e. The van der Waals surface area contributed by atoms with E-state index < -0.39 is 0 Å². The third kappa shape index (κ3) is 5.16. The monoisotopic (exact) mass is 370 g/mol. The fourth-order valence-corrected chi connectivity index (χ4v) is 2.95. The number of pyridine rings is 1. The number of aliphatic imine (C=N–C) groups is 1. The first-order valence-corrected chi connectivity index (χ1v) is 8.83. The van der Waals surface area contributed by atoms with Crippen LogP contribution in [0, 0.1) is 5.82 Å². The summed E-state index contributed by atoms with van der Waals surface area (Å²) >= 11 is 0. The van der Waals surface area contributed by atoms with E-state index in [-0.39, 0.29) is 18.3 Å². The van der Waals surface area contributed by atoms with Gasteiger partial charge in [-0.15, -0.1) is 0 Å². The molecule has 1 aromatic carbocycles. The molecule has 1 aliphatic rings. The summed E-state index contributed by atoms with van der Waals surface area (Å²) in [7, 11) is 1.69. The molecule has 8 heteroatoms. The van der Waals surface area contributed by atoms with E-state index in [9.17, 15) is 9.18 Å². The molecule has 7 nitrogen and oxygen atoms in total. The van der Waals surface area contributed by atoms with E-state index in [1.165, 1.54) is 12.1 Å². The van der Waals surface area contributed by atoms with Gasteiger partial charge in [0.2, 0.25) is 5.91 Å². The number of anilines is 2. The van der Waals surface area contributed by atoms with Crippen molar-refractivity contribution < 1.29 is 9.18 Å². The fourth-order valence-electron chi connectivity index (χ4n) is 2.95. The predicted octanol–water partition coefficient (Wildman–Crippen LogP) is 1.56. The third-order valence-corrected chi connectivity index (χ3v) is 4.28. The van der Waals surface area contributed by atoms with Gasteiger partial charge in [0.1, 0.15) is 11.6 Å². The van der Waals surface area contributed by atoms with Gasteiger partial charge in [0, 0.05) is 45.1 Å². The van der Waals surface area contributed by atoms with Crippen molar-refractivity contribution in [2.75, 3.05) is 50.0 Å². The minimum absolute atomic E-state index is 0.0592. The molecule has 2 heterocycles. The highest BCUT2D eigenvalue weighted by Crippen LogP contribution is 2.12. The summed E-state index contributed by atoms with van der Waals surface area (Å²) in [5.74, 6) is 0.996. The summed E-state index contributed by atoms with van der Waals surface area (Å²) in [6.45, 7) is 3.27. The molecule has 0 spiro atoms. The molecule has 0 aliphatic carbocycles. The highest BCUT2D eigenvalue weighted by molar-refractivity contribution is 5.95. The van der Waals surface area contributed by atoms with Crippen LogP contribution in [0.3, 0.4) is 0 Å². The van der Waals surface area contributed by atoms with Crippen LogP contribution in [0.1, 0.15) is 0 Å². The molecule has 0 bridgehead atoms. The topological polar surface area (TPSA) is 72.9 Å². The molecule has 1 amide bonds. The van der Waals surface area contributed by atoms with Gasteiger partial charge >= 0.3 is 0 Å². The van der Waals surface area contributed by atoms with Crippen molar-refractivity contribution in [2.45, 2.75) is 0 Å². The van der Waals surface area contributed by atoms with Crippen LogP contribution in [0.5, 0.6) is 0 Å². The van der Waals surface area contributed by atoms with E-state index in [1.807, 2.05) is 18.2 Å². The number of carbonyl (C=O) groups excluding carboxylic acids is 1. The average Bonchev–Trinajstić information content (AvgIpc) is 2.69. The summed E-state index contributed by atoms with van der Waals surface area (Å²) in [6, 6.07) is 11.7. The zero-order valence-corrected chi connectivity index (χ0v) is 15.2. The first kappa shape index (κ1) is 18.6. The second kappa shape index (κ2) is 8.98. The van der Waals surface area contributed by atoms with Crippen molar-refractivity contribution in [3.63, 3.8) is 0 Å². The van der Waals surface area contributed by atoms with Gasteiger partial charge in [-0.2, -0.15) is 0 Å². The van der Waals surface area contributed by atoms with E-state index in [0.29, 0.717) is 11.6 Å². The number of hydrogen-bond acceptors (Lipinski definition) is 4. The Balaban J connectivity index is 1.47. The highest BCUT2D eigenvalue weighted by atomic mass is 19.1. The number of aromatic nitrogens is 1. The Kier molecular flexibility index (Phi) is 6.19. The molecule has 0 atom stereocenters. The lowest BCUT2D eigenvalue weighted by atomic mass is 10.3. The normalized spacial score (nSPS) is 14.8. The van der Waals surface area contributed by atoms with Crippen LogP contribution in [-0.2, 0) is 4.79 Å². The van der Waals surface area contributed by atoms with Crippen LogP contribution in [0.25, 0.3) is 0 Å². The Morgan fingerprint density at radius 3 is 2.67 bits per heavy atom. The number of carbonyl (C=O) groups is 1. The van der Waals surface area contributed by atoms with E-state index in [1.54, 1.807) is 25.4 Å². The van der Waals surface area contributed by atoms with Gasteiger partial charge in [0.25, 0.3) is 0 Å². The number of amides is 1. The van der Waals surface area contributed by atoms with E-state index in [0.717, 1.165) is 32.0 Å². The number of piperazine rings is 1. The summed E-state index contributed by atoms with van der Waals surface area (Å²) < 4.78 is 13.2. The number of guanidine groups is 1. The molecule has 0 radical (unpaired) electrons. The maximum atomic E-state index is 13.2. The molecule has 1 fully saturated rings. The minimum atomic E-state index is -0.387. The quantitative estimate of drug-likeness (QED) is 0.631. The van der Waals surface area contributed by atoms with Crippen LogP contribution in [0.15, 0.2) is 53.7 Å². The van der Waals surface area contributed by atoms with E-state index in [2.05, 4.69) is 30.4 Å². The number of nitrogens with zero attached hydrogens (tertiary/aromatic N) is 4. The molecular weight excluding hydrogens is 347 g/mol. The second-order valence-electron chi connectivity index (χ2n) is 6.12. The maximum absolute atomic E-state index is 13.2. The van der Waals surface area contributed by atoms with Gasteiger partial charge in [0.15, 0.2) is 5.96 Å². The van der Waals surface area contributed by atoms with Crippen molar-refractivity contribution in [3.8, 4) is 0 Å². The maximum Gasteiger partial charge on any atom is 0.243 e. The summed E-state index contributed by atoms with van der Waals surface area (Å²) in [5.41, 5.74) is 0.431. The second-order valence-corrected chi connectivity index (χ2v) is 6.12. The van der Waals surface area contributed by atoms with Crippen molar-refractivity contribution in [1.82, 2.24) is 15.2 Å². The molecule has 2 N–H and O–H groups in total. The number of nitrogens with one attached hydrogen (secondary N) is 2. The van der Waals surface area contributed by atoms with Crippen molar-refractivity contribution in [2.24, 2.45) is 4.99 Å². The molecule has 1 aliphatic heterocycles. The van der Waals surface area contributed by atoms with E-state index >= 15 is 0 Å². The predicted molar refractivity (Wildman–Crippen MR) is 104 cm³/mol. The number of benzene rings is 1. The molecule has 0 saturated carbocycles. The zero-order chi connectivity index (χ0) is 19.1. The van der Waals surface area contributed by atoms with Gasteiger partial charge in [-0.25, -0.2) is 9.37 Å². The first-order valence-electron chi connectivity index (χ1n) is 8.83. The highest BCUT2D eigenvalue weighted by Gasteiger charge is 2.20. The number of hydrogen-bond donors (Lipinski definition) is 2. The lowest BCUT2D eigenvalue weighted by molar-refractivity contribution is -0.115. The molecule has 2 aromatic rings. The number of halogens is 1. The van der Waals surface area contributed by atoms with Crippen LogP contribution in [0.2, 0.25) is 0 Å². The average molecular weight is 370 g/mol. The molecule has 1 saturated heterocycles. The Morgan fingerprint density at radius 2 is 2.00 bits per heavy atom. The van der Waals surface area contributed by atoms with Crippen LogP contribution >= 0.6 is 0 Å². The summed E-state index contributed by atoms with van der Waals surface area (Å²) in [5, 5.41) is 5.73. The van der Waals surface area contributed by atoms with Gasteiger partial charge in [-0.05, 0) is 30.3 Å². The standard InChI is InChI=1S/C19H23FN6O/c1-21-19(23-14-18(27)24-16-6-4-5-15(20)13-16)26-11-9-25(10-12-26)17-7-2-3-8-22-17/h2-8,13H,9-12,14H2,1H3,(H,21,23)(H,24,27). The Bertz CT molecular complexity index is 790. The van der Waals surface area contributed by atoms with Crippen LogP contribution in [-0.4, -0.2) is 61.5 Å². The molecule has 142 valence electrons. The Labute approximate surface area is 157 Å². The van der Waals surface area contributed by atoms with Crippen molar-refractivity contribution in [1.29, 1.82) is 0 Å². The Morgan fingerprint density at radius 1 is 1.19 bits per heavy atom. The first-order chi connectivity index (χ1) is 13.2. The van der Waals surface area contributed by atoms with Crippen molar-refractivity contribution >= 4 is 23.4 Å². The molecule has 0 unspecified atom stereocenters. The van der Waals surface area contributed by atoms with Gasteiger partial charge in [0.05, 0.1) is 6.54 Å². The minimum Gasteiger partial charge on any atom is -0.353 e. The lowest BCUT2D eigenvalue weighted by Crippen LogP contribution is -2.53. The third-order valence-electron chi connectivity index (χ3n) is 4.28. The van der Waals surface area contributed by atoms with Crippen LogP contribution in [0.4, 0.5) is 15.9 Å². The Hall–Kier alpha value is -3.16.